The molecule has 6 rings (SSSR count). The van der Waals surface area contributed by atoms with Crippen molar-refractivity contribution in [2.75, 3.05) is 0 Å². The summed E-state index contributed by atoms with van der Waals surface area (Å²) < 4.78 is 35.8. The van der Waals surface area contributed by atoms with E-state index < -0.39 is 33.7 Å². The Morgan fingerprint density at radius 2 is 0.872 bits per heavy atom. The number of sulfone groups is 1. The first-order chi connectivity index (χ1) is 18.7. The predicted molar refractivity (Wildman–Crippen MR) is 139 cm³/mol. The number of hydrogen-bond acceptors (Lipinski definition) is 10. The molecule has 2 heterocycles. The number of esters is 4. The Morgan fingerprint density at radius 3 is 1.26 bits per heavy atom. The fraction of sp³-hybridized carbons (Fsp3) is 0. The van der Waals surface area contributed by atoms with Crippen molar-refractivity contribution in [1.82, 2.24) is 0 Å². The van der Waals surface area contributed by atoms with Crippen LogP contribution in [0.1, 0.15) is 41.4 Å². The van der Waals surface area contributed by atoms with Crippen LogP contribution >= 0.6 is 23.5 Å². The first kappa shape index (κ1) is 25.1. The van der Waals surface area contributed by atoms with Crippen LogP contribution in [0.3, 0.4) is 0 Å². The van der Waals surface area contributed by atoms with Gasteiger partial charge in [0.15, 0.2) is 0 Å². The van der Waals surface area contributed by atoms with E-state index in [9.17, 15) is 27.6 Å². The van der Waals surface area contributed by atoms with Crippen molar-refractivity contribution < 1.29 is 37.1 Å². The molecule has 4 aromatic carbocycles. The molecule has 0 unspecified atom stereocenters. The highest BCUT2D eigenvalue weighted by Crippen LogP contribution is 2.37. The molecule has 2 aliphatic heterocycles. The van der Waals surface area contributed by atoms with E-state index in [1.54, 1.807) is 48.5 Å². The summed E-state index contributed by atoms with van der Waals surface area (Å²) in [5, 5.41) is 0. The summed E-state index contributed by atoms with van der Waals surface area (Å²) in [6.45, 7) is 0. The van der Waals surface area contributed by atoms with E-state index in [0.717, 1.165) is 0 Å². The second-order valence-corrected chi connectivity index (χ2v) is 12.5. The van der Waals surface area contributed by atoms with Crippen LogP contribution in [0.4, 0.5) is 0 Å². The fourth-order valence-corrected chi connectivity index (χ4v) is 7.33. The molecule has 0 amide bonds. The molecule has 0 atom stereocenters. The number of hydrogen-bond donors (Lipinski definition) is 0. The SMILES string of the molecule is O=C1OC(=O)c2c(Sc3ccc(S(=O)(=O)c4ccc(Sc5cccc6c5C(=O)OC6=O)cc4)cc3)cccc21. The maximum atomic E-state index is 13.2. The highest BCUT2D eigenvalue weighted by Gasteiger charge is 2.33. The average Bonchev–Trinajstić information content (AvgIpc) is 3.39. The van der Waals surface area contributed by atoms with Crippen LogP contribution in [0.25, 0.3) is 0 Å². The van der Waals surface area contributed by atoms with Gasteiger partial charge in [0.05, 0.1) is 32.0 Å². The standard InChI is InChI=1S/C28H14O8S3/c29-25-19-3-1-5-21(23(19)27(31)35-25)37-15-7-11-17(12-8-15)39(33,34)18-13-9-16(10-14-18)38-22-6-2-4-20-24(22)28(32)36-26(20)30/h1-14H. The maximum Gasteiger partial charge on any atom is 0.348 e. The average molecular weight is 575 g/mol. The van der Waals surface area contributed by atoms with Gasteiger partial charge in [-0.3, -0.25) is 0 Å². The molecule has 11 heteroatoms. The summed E-state index contributed by atoms with van der Waals surface area (Å²) in [5.74, 6) is -2.78. The minimum Gasteiger partial charge on any atom is -0.386 e. The third-order valence-corrected chi connectivity index (χ3v) is 9.92. The van der Waals surface area contributed by atoms with E-state index in [2.05, 4.69) is 9.47 Å². The normalized spacial score (nSPS) is 14.2. The molecule has 39 heavy (non-hydrogen) atoms. The van der Waals surface area contributed by atoms with E-state index in [0.29, 0.717) is 19.6 Å². The van der Waals surface area contributed by atoms with E-state index in [-0.39, 0.29) is 32.0 Å². The number of ether oxygens (including phenoxy) is 2. The highest BCUT2D eigenvalue weighted by molar-refractivity contribution is 7.99. The van der Waals surface area contributed by atoms with Gasteiger partial charge in [-0.1, -0.05) is 35.7 Å². The number of carbonyl (C=O) groups is 4. The number of fused-ring (bicyclic) bond motifs is 2. The highest BCUT2D eigenvalue weighted by atomic mass is 32.2. The van der Waals surface area contributed by atoms with Gasteiger partial charge in [0.1, 0.15) is 0 Å². The molecule has 0 N–H and O–H groups in total. The molecule has 0 aliphatic carbocycles. The molecule has 0 fully saturated rings. The zero-order valence-corrected chi connectivity index (χ0v) is 22.0. The quantitative estimate of drug-likeness (QED) is 0.217. The number of benzene rings is 4. The first-order valence-electron chi connectivity index (χ1n) is 11.3. The van der Waals surface area contributed by atoms with Crippen LogP contribution in [0.2, 0.25) is 0 Å². The van der Waals surface area contributed by atoms with Gasteiger partial charge in [-0.25, -0.2) is 27.6 Å². The molecule has 4 aromatic rings. The van der Waals surface area contributed by atoms with Gasteiger partial charge in [0.25, 0.3) is 0 Å². The Morgan fingerprint density at radius 1 is 0.487 bits per heavy atom. The van der Waals surface area contributed by atoms with Gasteiger partial charge >= 0.3 is 23.9 Å². The topological polar surface area (TPSA) is 121 Å². The van der Waals surface area contributed by atoms with Crippen molar-refractivity contribution in [1.29, 1.82) is 0 Å². The summed E-state index contributed by atoms with van der Waals surface area (Å²) in [6.07, 6.45) is 0. The van der Waals surface area contributed by atoms with Crippen LogP contribution in [-0.4, -0.2) is 32.3 Å². The van der Waals surface area contributed by atoms with Crippen molar-refractivity contribution in [3.05, 3.63) is 107 Å². The van der Waals surface area contributed by atoms with Crippen LogP contribution in [-0.2, 0) is 19.3 Å². The second-order valence-electron chi connectivity index (χ2n) is 8.36. The lowest BCUT2D eigenvalue weighted by molar-refractivity contribution is 0.0424. The largest absolute Gasteiger partial charge is 0.386 e. The van der Waals surface area contributed by atoms with Crippen LogP contribution in [0.15, 0.2) is 114 Å². The molecule has 0 bridgehead atoms. The predicted octanol–water partition coefficient (Wildman–Crippen LogP) is 5.44. The lowest BCUT2D eigenvalue weighted by atomic mass is 10.1. The first-order valence-corrected chi connectivity index (χ1v) is 14.4. The molecule has 192 valence electrons. The molecule has 2 aliphatic rings. The van der Waals surface area contributed by atoms with Crippen LogP contribution < -0.4 is 0 Å². The molecule has 0 radical (unpaired) electrons. The molecular weight excluding hydrogens is 561 g/mol. The number of carbonyl (C=O) groups excluding carboxylic acids is 4. The van der Waals surface area contributed by atoms with Crippen LogP contribution in [0, 0.1) is 0 Å². The van der Waals surface area contributed by atoms with Crippen LogP contribution in [0.5, 0.6) is 0 Å². The molecule has 0 saturated carbocycles. The molecular formula is C28H14O8S3. The summed E-state index contributed by atoms with van der Waals surface area (Å²) in [4.78, 5) is 50.3. The van der Waals surface area contributed by atoms with Gasteiger partial charge in [0, 0.05) is 19.6 Å². The lowest BCUT2D eigenvalue weighted by Crippen LogP contribution is -2.02. The Balaban J connectivity index is 1.20. The zero-order chi connectivity index (χ0) is 27.3. The lowest BCUT2D eigenvalue weighted by Gasteiger charge is -2.09. The van der Waals surface area contributed by atoms with Gasteiger partial charge < -0.3 is 9.47 Å². The number of rotatable bonds is 6. The Labute approximate surface area is 230 Å². The van der Waals surface area contributed by atoms with Crippen molar-refractivity contribution in [3.63, 3.8) is 0 Å². The second kappa shape index (κ2) is 9.53. The summed E-state index contributed by atoms with van der Waals surface area (Å²) in [5.41, 5.74) is 0.809. The van der Waals surface area contributed by atoms with E-state index in [1.807, 2.05) is 0 Å². The van der Waals surface area contributed by atoms with E-state index in [4.69, 9.17) is 0 Å². The minimum atomic E-state index is -3.83. The minimum absolute atomic E-state index is 0.0854. The van der Waals surface area contributed by atoms with Gasteiger partial charge in [0.2, 0.25) is 9.84 Å². The molecule has 0 spiro atoms. The molecule has 0 saturated heterocycles. The van der Waals surface area contributed by atoms with Gasteiger partial charge in [-0.2, -0.15) is 0 Å². The van der Waals surface area contributed by atoms with E-state index in [1.165, 1.54) is 59.9 Å². The molecule has 0 aromatic heterocycles. The maximum absolute atomic E-state index is 13.2. The summed E-state index contributed by atoms with van der Waals surface area (Å²) in [6, 6.07) is 22.1. The monoisotopic (exact) mass is 574 g/mol. The van der Waals surface area contributed by atoms with Crippen molar-refractivity contribution in [2.45, 2.75) is 29.4 Å². The van der Waals surface area contributed by atoms with Crippen molar-refractivity contribution in [2.24, 2.45) is 0 Å². The summed E-state index contributed by atoms with van der Waals surface area (Å²) in [7, 11) is -3.83. The third kappa shape index (κ3) is 4.44. The Bertz CT molecular complexity index is 1700. The summed E-state index contributed by atoms with van der Waals surface area (Å²) >= 11 is 2.44. The Hall–Kier alpha value is -4.19. The van der Waals surface area contributed by atoms with Crippen molar-refractivity contribution >= 4 is 57.2 Å². The zero-order valence-electron chi connectivity index (χ0n) is 19.6. The van der Waals surface area contributed by atoms with E-state index >= 15 is 0 Å². The number of cyclic esters (lactones) is 4. The smallest absolute Gasteiger partial charge is 0.348 e. The van der Waals surface area contributed by atoms with Gasteiger partial charge in [-0.15, -0.1) is 0 Å². The third-order valence-electron chi connectivity index (χ3n) is 6.00. The van der Waals surface area contributed by atoms with Gasteiger partial charge in [-0.05, 0) is 72.8 Å². The fourth-order valence-electron chi connectivity index (χ4n) is 4.14. The van der Waals surface area contributed by atoms with Crippen molar-refractivity contribution in [3.8, 4) is 0 Å². The molecule has 8 nitrogen and oxygen atoms in total. The Kier molecular flexibility index (Phi) is 6.13.